The van der Waals surface area contributed by atoms with Crippen LogP contribution in [0.2, 0.25) is 0 Å². The molecule has 0 bridgehead atoms. The summed E-state index contributed by atoms with van der Waals surface area (Å²) >= 11 is 0. The first-order chi connectivity index (χ1) is 13.1. The van der Waals surface area contributed by atoms with E-state index in [0.29, 0.717) is 30.4 Å². The number of nitrogens with zero attached hydrogens (tertiary/aromatic N) is 3. The van der Waals surface area contributed by atoms with Gasteiger partial charge >= 0.3 is 0 Å². The number of benzene rings is 2. The van der Waals surface area contributed by atoms with Gasteiger partial charge in [-0.1, -0.05) is 61.8 Å². The van der Waals surface area contributed by atoms with Gasteiger partial charge in [-0.25, -0.2) is 8.42 Å². The quantitative estimate of drug-likeness (QED) is 0.580. The molecule has 0 unspecified atom stereocenters. The van der Waals surface area contributed by atoms with Crippen molar-refractivity contribution >= 4 is 10.0 Å². The maximum atomic E-state index is 12.9. The summed E-state index contributed by atoms with van der Waals surface area (Å²) in [4.78, 5) is 4.64. The van der Waals surface area contributed by atoms with Gasteiger partial charge in [0, 0.05) is 24.2 Å². The fourth-order valence-electron chi connectivity index (χ4n) is 2.77. The largest absolute Gasteiger partial charge is 0.334 e. The Labute approximate surface area is 159 Å². The van der Waals surface area contributed by atoms with Crippen molar-refractivity contribution in [1.82, 2.24) is 14.4 Å². The van der Waals surface area contributed by atoms with Crippen LogP contribution in [0.4, 0.5) is 0 Å². The smallest absolute Gasteiger partial charge is 0.258 e. The van der Waals surface area contributed by atoms with E-state index in [4.69, 9.17) is 4.52 Å². The highest BCUT2D eigenvalue weighted by molar-refractivity contribution is 7.89. The molecule has 1 aromatic heterocycles. The van der Waals surface area contributed by atoms with E-state index in [-0.39, 0.29) is 4.90 Å². The van der Waals surface area contributed by atoms with Crippen LogP contribution in [0.1, 0.15) is 26.7 Å². The Morgan fingerprint density at radius 3 is 2.44 bits per heavy atom. The SMILES string of the molecule is CCCCN(CC)S(=O)(=O)c1cccc(-c2nc(-c3ccccc3)no2)c1. The molecule has 0 aliphatic rings. The Hall–Kier alpha value is -2.51. The average molecular weight is 385 g/mol. The first-order valence-electron chi connectivity index (χ1n) is 9.06. The molecule has 2 aromatic carbocycles. The maximum Gasteiger partial charge on any atom is 0.258 e. The Morgan fingerprint density at radius 2 is 1.74 bits per heavy atom. The zero-order valence-electron chi connectivity index (χ0n) is 15.5. The minimum absolute atomic E-state index is 0.234. The highest BCUT2D eigenvalue weighted by Crippen LogP contribution is 2.25. The van der Waals surface area contributed by atoms with Gasteiger partial charge in [0.05, 0.1) is 4.90 Å². The van der Waals surface area contributed by atoms with Gasteiger partial charge in [0.15, 0.2) is 0 Å². The lowest BCUT2D eigenvalue weighted by atomic mass is 10.2. The molecule has 0 aliphatic carbocycles. The van der Waals surface area contributed by atoms with E-state index in [2.05, 4.69) is 10.1 Å². The van der Waals surface area contributed by atoms with Crippen molar-refractivity contribution in [3.63, 3.8) is 0 Å². The van der Waals surface area contributed by atoms with E-state index < -0.39 is 10.0 Å². The van der Waals surface area contributed by atoms with Gasteiger partial charge in [-0.05, 0) is 24.6 Å². The molecule has 3 rings (SSSR count). The Bertz CT molecular complexity index is 984. The van der Waals surface area contributed by atoms with Gasteiger partial charge in [0.1, 0.15) is 0 Å². The van der Waals surface area contributed by atoms with Crippen LogP contribution in [0, 0.1) is 0 Å². The zero-order valence-corrected chi connectivity index (χ0v) is 16.3. The summed E-state index contributed by atoms with van der Waals surface area (Å²) in [5.41, 5.74) is 1.42. The van der Waals surface area contributed by atoms with Gasteiger partial charge < -0.3 is 4.52 Å². The molecule has 7 heteroatoms. The van der Waals surface area contributed by atoms with Crippen LogP contribution in [0.5, 0.6) is 0 Å². The Balaban J connectivity index is 1.91. The minimum atomic E-state index is -3.56. The fourth-order valence-corrected chi connectivity index (χ4v) is 4.30. The molecule has 27 heavy (non-hydrogen) atoms. The third-order valence-corrected chi connectivity index (χ3v) is 6.26. The van der Waals surface area contributed by atoms with Crippen molar-refractivity contribution < 1.29 is 12.9 Å². The zero-order chi connectivity index (χ0) is 19.3. The predicted octanol–water partition coefficient (Wildman–Crippen LogP) is 4.21. The summed E-state index contributed by atoms with van der Waals surface area (Å²) in [6, 6.07) is 16.1. The third-order valence-electron chi connectivity index (χ3n) is 4.29. The van der Waals surface area contributed by atoms with Crippen LogP contribution in [0.3, 0.4) is 0 Å². The summed E-state index contributed by atoms with van der Waals surface area (Å²) in [5, 5.41) is 4.00. The summed E-state index contributed by atoms with van der Waals surface area (Å²) in [5.74, 6) is 0.763. The van der Waals surface area contributed by atoms with Crippen molar-refractivity contribution in [2.75, 3.05) is 13.1 Å². The topological polar surface area (TPSA) is 76.3 Å². The van der Waals surface area contributed by atoms with Gasteiger partial charge in [0.25, 0.3) is 5.89 Å². The molecule has 0 fully saturated rings. The van der Waals surface area contributed by atoms with E-state index in [1.165, 1.54) is 4.31 Å². The summed E-state index contributed by atoms with van der Waals surface area (Å²) in [6.07, 6.45) is 1.77. The fraction of sp³-hybridized carbons (Fsp3) is 0.300. The van der Waals surface area contributed by atoms with Gasteiger partial charge in [-0.15, -0.1) is 0 Å². The number of hydrogen-bond acceptors (Lipinski definition) is 5. The summed E-state index contributed by atoms with van der Waals surface area (Å²) in [7, 11) is -3.56. The second-order valence-corrected chi connectivity index (χ2v) is 8.11. The Kier molecular flexibility index (Phi) is 6.03. The molecule has 0 amide bonds. The monoisotopic (exact) mass is 385 g/mol. The molecule has 1 heterocycles. The Morgan fingerprint density at radius 1 is 1.00 bits per heavy atom. The maximum absolute atomic E-state index is 12.9. The van der Waals surface area contributed by atoms with E-state index in [9.17, 15) is 8.42 Å². The molecule has 0 radical (unpaired) electrons. The molecule has 6 nitrogen and oxygen atoms in total. The lowest BCUT2D eigenvalue weighted by Gasteiger charge is -2.20. The number of sulfonamides is 1. The van der Waals surface area contributed by atoms with E-state index in [0.717, 1.165) is 18.4 Å². The van der Waals surface area contributed by atoms with Crippen molar-refractivity contribution in [3.8, 4) is 22.8 Å². The molecular weight excluding hydrogens is 362 g/mol. The third kappa shape index (κ3) is 4.26. The second-order valence-electron chi connectivity index (χ2n) is 6.17. The lowest BCUT2D eigenvalue weighted by molar-refractivity contribution is 0.418. The van der Waals surface area contributed by atoms with Crippen molar-refractivity contribution in [2.45, 2.75) is 31.6 Å². The van der Waals surface area contributed by atoms with E-state index >= 15 is 0 Å². The molecule has 0 aliphatic heterocycles. The normalized spacial score (nSPS) is 11.8. The second kappa shape index (κ2) is 8.45. The number of unbranched alkanes of at least 4 members (excludes halogenated alkanes) is 1. The van der Waals surface area contributed by atoms with Crippen molar-refractivity contribution in [1.29, 1.82) is 0 Å². The number of aromatic nitrogens is 2. The van der Waals surface area contributed by atoms with Crippen LogP contribution in [-0.4, -0.2) is 36.0 Å². The predicted molar refractivity (Wildman–Crippen MR) is 105 cm³/mol. The van der Waals surface area contributed by atoms with Crippen molar-refractivity contribution in [3.05, 3.63) is 54.6 Å². The highest BCUT2D eigenvalue weighted by atomic mass is 32.2. The van der Waals surface area contributed by atoms with Crippen molar-refractivity contribution in [2.24, 2.45) is 0 Å². The standard InChI is InChI=1S/C20H23N3O3S/c1-3-5-14-23(4-2)27(24,25)18-13-9-12-17(15-18)20-21-19(22-26-20)16-10-7-6-8-11-16/h6-13,15H,3-5,14H2,1-2H3. The molecule has 0 atom stereocenters. The summed E-state index contributed by atoms with van der Waals surface area (Å²) in [6.45, 7) is 4.84. The van der Waals surface area contributed by atoms with Crippen LogP contribution >= 0.6 is 0 Å². The highest BCUT2D eigenvalue weighted by Gasteiger charge is 2.23. The van der Waals surface area contributed by atoms with Gasteiger partial charge in [-0.3, -0.25) is 0 Å². The number of rotatable bonds is 8. The molecule has 0 N–H and O–H groups in total. The van der Waals surface area contributed by atoms with Crippen LogP contribution in [-0.2, 0) is 10.0 Å². The molecule has 0 spiro atoms. The average Bonchev–Trinajstić information content (AvgIpc) is 3.19. The van der Waals surface area contributed by atoms with Gasteiger partial charge in [0.2, 0.25) is 15.8 Å². The van der Waals surface area contributed by atoms with Crippen LogP contribution in [0.25, 0.3) is 22.8 Å². The minimum Gasteiger partial charge on any atom is -0.334 e. The van der Waals surface area contributed by atoms with Crippen LogP contribution in [0.15, 0.2) is 64.0 Å². The molecule has 142 valence electrons. The molecule has 0 saturated heterocycles. The molecule has 0 saturated carbocycles. The van der Waals surface area contributed by atoms with Gasteiger partial charge in [-0.2, -0.15) is 9.29 Å². The summed E-state index contributed by atoms with van der Waals surface area (Å²) < 4.78 is 32.7. The molecular formula is C20H23N3O3S. The molecule has 3 aromatic rings. The van der Waals surface area contributed by atoms with Crippen LogP contribution < -0.4 is 0 Å². The number of hydrogen-bond donors (Lipinski definition) is 0. The van der Waals surface area contributed by atoms with E-state index in [1.54, 1.807) is 24.3 Å². The lowest BCUT2D eigenvalue weighted by Crippen LogP contribution is -2.31. The van der Waals surface area contributed by atoms with E-state index in [1.807, 2.05) is 44.2 Å². The first kappa shape index (κ1) is 19.3. The first-order valence-corrected chi connectivity index (χ1v) is 10.5.